The van der Waals surface area contributed by atoms with E-state index in [9.17, 15) is 0 Å². The highest BCUT2D eigenvalue weighted by Gasteiger charge is 2.30. The quantitative estimate of drug-likeness (QED) is 0.416. The molecule has 1 aliphatic carbocycles. The van der Waals surface area contributed by atoms with Gasteiger partial charge in [-0.1, -0.05) is 18.2 Å². The number of rotatable bonds is 4. The molecule has 3 aliphatic rings. The van der Waals surface area contributed by atoms with E-state index in [0.29, 0.717) is 0 Å². The first-order valence-electron chi connectivity index (χ1n) is 12.1. The molecular weight excluding hydrogens is 434 g/mol. The summed E-state index contributed by atoms with van der Waals surface area (Å²) < 4.78 is 6.10. The summed E-state index contributed by atoms with van der Waals surface area (Å²) in [6.07, 6.45) is 9.87. The maximum atomic E-state index is 6.10. The zero-order valence-electron chi connectivity index (χ0n) is 19.1. The Hall–Kier alpha value is -1.63. The Morgan fingerprint density at radius 1 is 1.06 bits per heavy atom. The summed E-state index contributed by atoms with van der Waals surface area (Å²) in [5.74, 6) is 2.03. The number of piperidine rings is 1. The number of hydrogen-bond donors (Lipinski definition) is 0. The number of aryl methyl sites for hydroxylation is 2. The van der Waals surface area contributed by atoms with E-state index in [1.807, 2.05) is 23.1 Å². The molecule has 1 saturated heterocycles. The normalized spacial score (nSPS) is 20.2. The molecule has 0 radical (unpaired) electrons. The van der Waals surface area contributed by atoms with Crippen molar-refractivity contribution in [3.8, 4) is 5.75 Å². The summed E-state index contributed by atoms with van der Waals surface area (Å²) in [4.78, 5) is 16.8. The van der Waals surface area contributed by atoms with E-state index in [2.05, 4.69) is 36.9 Å². The number of ether oxygens (including phenoxy) is 1. The van der Waals surface area contributed by atoms with E-state index >= 15 is 0 Å². The lowest BCUT2D eigenvalue weighted by Gasteiger charge is -2.25. The number of likely N-dealkylation sites (tertiary alicyclic amines) is 1. The van der Waals surface area contributed by atoms with Crippen molar-refractivity contribution in [3.63, 3.8) is 0 Å². The summed E-state index contributed by atoms with van der Waals surface area (Å²) in [5.41, 5.74) is 2.72. The van der Waals surface area contributed by atoms with Crippen LogP contribution in [0.2, 0.25) is 0 Å². The Morgan fingerprint density at radius 2 is 1.91 bits per heavy atom. The minimum Gasteiger partial charge on any atom is -0.487 e. The second-order valence-corrected chi connectivity index (χ2v) is 12.2. The Bertz CT molecular complexity index is 1160. The molecular formula is C26H31N3OS2. The lowest BCUT2D eigenvalue weighted by atomic mass is 9.97. The van der Waals surface area contributed by atoms with Crippen molar-refractivity contribution in [1.29, 1.82) is 0 Å². The number of aromatic nitrogens is 2. The monoisotopic (exact) mass is 465 g/mol. The minimum absolute atomic E-state index is 0.109. The largest absolute Gasteiger partial charge is 0.487 e. The fourth-order valence-electron chi connectivity index (χ4n) is 5.39. The maximum absolute atomic E-state index is 6.10. The first-order valence-corrected chi connectivity index (χ1v) is 13.7. The Morgan fingerprint density at radius 3 is 2.78 bits per heavy atom. The van der Waals surface area contributed by atoms with Crippen molar-refractivity contribution in [3.05, 3.63) is 40.0 Å². The second-order valence-electron chi connectivity index (χ2n) is 10.1. The highest BCUT2D eigenvalue weighted by molar-refractivity contribution is 7.99. The Labute approximate surface area is 198 Å². The van der Waals surface area contributed by atoms with E-state index in [0.717, 1.165) is 29.6 Å². The van der Waals surface area contributed by atoms with E-state index < -0.39 is 0 Å². The third-order valence-electron chi connectivity index (χ3n) is 6.89. The number of nitrogens with zero attached hydrogens (tertiary/aromatic N) is 3. The van der Waals surface area contributed by atoms with Gasteiger partial charge in [0.1, 0.15) is 27.0 Å². The van der Waals surface area contributed by atoms with Crippen LogP contribution in [-0.2, 0) is 25.8 Å². The fraction of sp³-hybridized carbons (Fsp3) is 0.538. The number of thiophene rings is 1. The van der Waals surface area contributed by atoms with Crippen molar-refractivity contribution >= 4 is 33.3 Å². The predicted octanol–water partition coefficient (Wildman–Crippen LogP) is 6.42. The van der Waals surface area contributed by atoms with Crippen molar-refractivity contribution < 1.29 is 4.74 Å². The van der Waals surface area contributed by atoms with Gasteiger partial charge in [0.2, 0.25) is 0 Å². The van der Waals surface area contributed by atoms with E-state index in [1.54, 1.807) is 4.88 Å². The van der Waals surface area contributed by atoms with Crippen molar-refractivity contribution in [2.24, 2.45) is 0 Å². The van der Waals surface area contributed by atoms with Gasteiger partial charge >= 0.3 is 0 Å². The van der Waals surface area contributed by atoms with Crippen LogP contribution in [0, 0.1) is 0 Å². The second kappa shape index (κ2) is 8.30. The topological polar surface area (TPSA) is 38.2 Å². The van der Waals surface area contributed by atoms with Crippen LogP contribution in [0.5, 0.6) is 5.75 Å². The molecule has 0 N–H and O–H groups in total. The van der Waals surface area contributed by atoms with Crippen LogP contribution in [0.1, 0.15) is 67.8 Å². The molecule has 2 aromatic heterocycles. The molecule has 0 atom stereocenters. The smallest absolute Gasteiger partial charge is 0.145 e. The molecule has 0 amide bonds. The maximum Gasteiger partial charge on any atom is 0.145 e. The zero-order valence-corrected chi connectivity index (χ0v) is 20.7. The third-order valence-corrected chi connectivity index (χ3v) is 9.05. The van der Waals surface area contributed by atoms with Gasteiger partial charge in [-0.3, -0.25) is 4.90 Å². The van der Waals surface area contributed by atoms with Crippen molar-refractivity contribution in [1.82, 2.24) is 14.9 Å². The van der Waals surface area contributed by atoms with Gasteiger partial charge in [0.25, 0.3) is 0 Å². The summed E-state index contributed by atoms with van der Waals surface area (Å²) in [6.45, 7) is 7.55. The van der Waals surface area contributed by atoms with Gasteiger partial charge in [-0.05, 0) is 94.8 Å². The predicted molar refractivity (Wildman–Crippen MR) is 132 cm³/mol. The van der Waals surface area contributed by atoms with Crippen molar-refractivity contribution in [2.45, 2.75) is 87.3 Å². The molecule has 168 valence electrons. The molecule has 4 nitrogen and oxygen atoms in total. The highest BCUT2D eigenvalue weighted by Crippen LogP contribution is 2.43. The molecule has 4 heterocycles. The van der Waals surface area contributed by atoms with E-state index in [-0.39, 0.29) is 5.60 Å². The first kappa shape index (κ1) is 20.9. The fourth-order valence-corrected chi connectivity index (χ4v) is 7.77. The number of benzene rings is 1. The molecule has 1 fully saturated rings. The molecule has 2 aliphatic heterocycles. The van der Waals surface area contributed by atoms with Gasteiger partial charge in [-0.2, -0.15) is 0 Å². The van der Waals surface area contributed by atoms with Gasteiger partial charge in [0.05, 0.1) is 6.54 Å². The Kier molecular flexibility index (Phi) is 5.43. The van der Waals surface area contributed by atoms with Crippen molar-refractivity contribution in [2.75, 3.05) is 13.1 Å². The average Bonchev–Trinajstić information content (AvgIpc) is 3.29. The summed E-state index contributed by atoms with van der Waals surface area (Å²) in [7, 11) is 0. The van der Waals surface area contributed by atoms with Crippen LogP contribution >= 0.6 is 23.1 Å². The summed E-state index contributed by atoms with van der Waals surface area (Å²) in [5, 5.41) is 2.48. The summed E-state index contributed by atoms with van der Waals surface area (Å²) >= 11 is 3.74. The molecule has 0 bridgehead atoms. The Balaban J connectivity index is 1.38. The molecule has 6 rings (SSSR count). The van der Waals surface area contributed by atoms with Crippen LogP contribution in [-0.4, -0.2) is 33.6 Å². The molecule has 32 heavy (non-hydrogen) atoms. The highest BCUT2D eigenvalue weighted by atomic mass is 32.2. The van der Waals surface area contributed by atoms with Crippen LogP contribution in [0.3, 0.4) is 0 Å². The average molecular weight is 466 g/mol. The lowest BCUT2D eigenvalue weighted by Crippen LogP contribution is -2.29. The molecule has 6 heteroatoms. The molecule has 0 saturated carbocycles. The van der Waals surface area contributed by atoms with Gasteiger partial charge in [-0.15, -0.1) is 11.3 Å². The number of hydrogen-bond acceptors (Lipinski definition) is 6. The molecule has 0 spiro atoms. The number of fused-ring (bicyclic) bond motifs is 4. The van der Waals surface area contributed by atoms with E-state index in [4.69, 9.17) is 14.7 Å². The minimum atomic E-state index is -0.109. The lowest BCUT2D eigenvalue weighted by molar-refractivity contribution is 0.138. The van der Waals surface area contributed by atoms with Gasteiger partial charge < -0.3 is 4.74 Å². The SMILES string of the molecule is CC1(C)Cc2cc(Sc3nc(CN4CCCCC4)nc4sc5c(c34)CCCC5)ccc2O1. The zero-order chi connectivity index (χ0) is 21.7. The van der Waals surface area contributed by atoms with Gasteiger partial charge in [-0.25, -0.2) is 9.97 Å². The standard InChI is InChI=1S/C26H31N3OS2/c1-26(2)15-17-14-18(10-11-20(17)30-26)31-24-23-19-8-4-5-9-21(19)32-25(23)28-22(27-24)16-29-12-6-3-7-13-29/h10-11,14H,3-9,12-13,15-16H2,1-2H3. The van der Waals surface area contributed by atoms with Crippen LogP contribution in [0.15, 0.2) is 28.1 Å². The van der Waals surface area contributed by atoms with Crippen LogP contribution < -0.4 is 4.74 Å². The molecule has 3 aromatic rings. The summed E-state index contributed by atoms with van der Waals surface area (Å²) in [6, 6.07) is 6.65. The van der Waals surface area contributed by atoms with Crippen LogP contribution in [0.25, 0.3) is 10.2 Å². The van der Waals surface area contributed by atoms with E-state index in [1.165, 1.54) is 84.3 Å². The third kappa shape index (κ3) is 4.06. The molecule has 0 unspecified atom stereocenters. The first-order chi connectivity index (χ1) is 15.5. The van der Waals surface area contributed by atoms with Gasteiger partial charge in [0, 0.05) is 21.6 Å². The molecule has 1 aromatic carbocycles. The van der Waals surface area contributed by atoms with Crippen LogP contribution in [0.4, 0.5) is 0 Å². The van der Waals surface area contributed by atoms with Gasteiger partial charge in [0.15, 0.2) is 0 Å².